The van der Waals surface area contributed by atoms with E-state index in [2.05, 4.69) is 144 Å². The largest absolute Gasteiger partial charge is 0.455 e. The fourth-order valence-corrected chi connectivity index (χ4v) is 9.08. The lowest BCUT2D eigenvalue weighted by Gasteiger charge is -2.29. The van der Waals surface area contributed by atoms with Crippen LogP contribution in [0.5, 0.6) is 0 Å². The Balaban J connectivity index is 0.950. The van der Waals surface area contributed by atoms with Crippen LogP contribution in [0, 0.1) is 0 Å². The minimum atomic E-state index is 0.217. The molecule has 8 aromatic carbocycles. The van der Waals surface area contributed by atoms with E-state index in [1.54, 1.807) is 0 Å². The van der Waals surface area contributed by atoms with Gasteiger partial charge in [-0.15, -0.1) is 0 Å². The van der Waals surface area contributed by atoms with Gasteiger partial charge in [-0.25, -0.2) is 15.0 Å². The summed E-state index contributed by atoms with van der Waals surface area (Å²) in [6.45, 7) is 0. The van der Waals surface area contributed by atoms with Crippen LogP contribution in [0.4, 0.5) is 11.4 Å². The number of benzene rings is 8. The van der Waals surface area contributed by atoms with Gasteiger partial charge < -0.3 is 9.32 Å². The SMILES string of the molecule is C1=CCC2C(=C1)c1ccc(-c3ccc4ccccc4c3)cc1N2c1cccc(-c2cccc(-c3nc(-c4ccccc4)nc(-c4cccc5c4oc4ccccc45)n3)c2)c1. The number of hydrogen-bond acceptors (Lipinski definition) is 5. The highest BCUT2D eigenvalue weighted by molar-refractivity contribution is 6.09. The molecule has 0 fully saturated rings. The number of para-hydroxylation sites is 2. The second-order valence-corrected chi connectivity index (χ2v) is 15.5. The molecular weight excluding hydrogens is 733 g/mol. The molecule has 10 aromatic rings. The number of allylic oxidation sites excluding steroid dienone is 2. The van der Waals surface area contributed by atoms with Crippen LogP contribution >= 0.6 is 0 Å². The van der Waals surface area contributed by atoms with Crippen molar-refractivity contribution in [3.05, 3.63) is 206 Å². The van der Waals surface area contributed by atoms with E-state index in [0.29, 0.717) is 17.5 Å². The molecule has 12 rings (SSSR count). The zero-order valence-electron chi connectivity index (χ0n) is 32.5. The second-order valence-electron chi connectivity index (χ2n) is 15.5. The van der Waals surface area contributed by atoms with Crippen LogP contribution in [-0.4, -0.2) is 21.0 Å². The summed E-state index contributed by atoms with van der Waals surface area (Å²) in [7, 11) is 0. The summed E-state index contributed by atoms with van der Waals surface area (Å²) >= 11 is 0. The van der Waals surface area contributed by atoms with Crippen molar-refractivity contribution in [2.45, 2.75) is 12.5 Å². The minimum absolute atomic E-state index is 0.217. The molecule has 1 atom stereocenters. The first-order chi connectivity index (χ1) is 29.7. The molecular formula is C55H36N4O. The second kappa shape index (κ2) is 13.9. The van der Waals surface area contributed by atoms with E-state index in [9.17, 15) is 0 Å². The summed E-state index contributed by atoms with van der Waals surface area (Å²) in [4.78, 5) is 17.8. The maximum atomic E-state index is 6.45. The summed E-state index contributed by atoms with van der Waals surface area (Å²) in [5.74, 6) is 1.78. The molecule has 0 spiro atoms. The Morgan fingerprint density at radius 2 is 1.13 bits per heavy atom. The predicted molar refractivity (Wildman–Crippen MR) is 246 cm³/mol. The molecule has 2 aliphatic rings. The van der Waals surface area contributed by atoms with Gasteiger partial charge in [0.1, 0.15) is 11.2 Å². The van der Waals surface area contributed by atoms with Gasteiger partial charge in [-0.05, 0) is 87.5 Å². The summed E-state index contributed by atoms with van der Waals surface area (Å²) in [6.07, 6.45) is 7.72. The van der Waals surface area contributed by atoms with Crippen molar-refractivity contribution in [1.82, 2.24) is 15.0 Å². The van der Waals surface area contributed by atoms with E-state index in [1.165, 1.54) is 38.7 Å². The molecule has 0 saturated carbocycles. The normalized spacial score (nSPS) is 14.4. The fraction of sp³-hybridized carbons (Fsp3) is 0.0364. The number of rotatable bonds is 6. The Kier molecular flexibility index (Phi) is 7.91. The van der Waals surface area contributed by atoms with E-state index < -0.39 is 0 Å². The van der Waals surface area contributed by atoms with Crippen LogP contribution in [0.25, 0.3) is 94.7 Å². The van der Waals surface area contributed by atoms with Crippen LogP contribution in [-0.2, 0) is 0 Å². The first-order valence-corrected chi connectivity index (χ1v) is 20.4. The van der Waals surface area contributed by atoms with E-state index in [4.69, 9.17) is 19.4 Å². The first kappa shape index (κ1) is 34.2. The molecule has 1 aliphatic carbocycles. The topological polar surface area (TPSA) is 55.1 Å². The van der Waals surface area contributed by atoms with E-state index in [0.717, 1.165) is 61.9 Å². The van der Waals surface area contributed by atoms with Crippen molar-refractivity contribution in [3.63, 3.8) is 0 Å². The van der Waals surface area contributed by atoms with Gasteiger partial charge in [0.2, 0.25) is 0 Å². The molecule has 1 aliphatic heterocycles. The molecule has 3 heterocycles. The molecule has 5 nitrogen and oxygen atoms in total. The zero-order valence-corrected chi connectivity index (χ0v) is 32.5. The van der Waals surface area contributed by atoms with Gasteiger partial charge in [-0.2, -0.15) is 0 Å². The highest BCUT2D eigenvalue weighted by atomic mass is 16.3. The van der Waals surface area contributed by atoms with Gasteiger partial charge in [-0.1, -0.05) is 158 Å². The molecule has 60 heavy (non-hydrogen) atoms. The Morgan fingerprint density at radius 1 is 0.467 bits per heavy atom. The third kappa shape index (κ3) is 5.74. The highest BCUT2D eigenvalue weighted by Crippen LogP contribution is 2.49. The molecule has 0 radical (unpaired) electrons. The van der Waals surface area contributed by atoms with Crippen molar-refractivity contribution in [1.29, 1.82) is 0 Å². The number of furan rings is 1. The standard InChI is InChI=1S/C55H36N4O/c1-2-14-36(15-3-1)53-56-54(58-55(57-53)48-24-12-23-47-46-22-7-9-26-51(46)60-52(47)48)42-19-10-17-38(32-42)39-18-11-20-43(33-39)59-49-25-8-6-21-44(49)45-30-29-41(34-50(45)59)40-28-27-35-13-4-5-16-37(35)31-40/h1-24,26-34,49H,25H2. The van der Waals surface area contributed by atoms with Gasteiger partial charge in [0.25, 0.3) is 0 Å². The maximum Gasteiger partial charge on any atom is 0.167 e. The van der Waals surface area contributed by atoms with E-state index in [-0.39, 0.29) is 6.04 Å². The average molecular weight is 769 g/mol. The van der Waals surface area contributed by atoms with Crippen molar-refractivity contribution in [2.75, 3.05) is 4.90 Å². The molecule has 0 N–H and O–H groups in total. The average Bonchev–Trinajstić information content (AvgIpc) is 3.87. The van der Waals surface area contributed by atoms with Crippen molar-refractivity contribution >= 4 is 49.7 Å². The Morgan fingerprint density at radius 3 is 2.05 bits per heavy atom. The lowest BCUT2D eigenvalue weighted by molar-refractivity contribution is 0.669. The number of nitrogens with zero attached hydrogens (tertiary/aromatic N) is 4. The van der Waals surface area contributed by atoms with Gasteiger partial charge in [0.15, 0.2) is 17.5 Å². The van der Waals surface area contributed by atoms with Gasteiger partial charge in [0, 0.05) is 38.8 Å². The Bertz CT molecular complexity index is 3380. The van der Waals surface area contributed by atoms with Crippen LogP contribution in [0.2, 0.25) is 0 Å². The summed E-state index contributed by atoms with van der Waals surface area (Å²) in [5, 5.41) is 4.60. The van der Waals surface area contributed by atoms with Crippen molar-refractivity contribution < 1.29 is 4.42 Å². The van der Waals surface area contributed by atoms with Crippen molar-refractivity contribution in [2.24, 2.45) is 0 Å². The third-order valence-electron chi connectivity index (χ3n) is 12.0. The van der Waals surface area contributed by atoms with Gasteiger partial charge in [0.05, 0.1) is 11.6 Å². The molecule has 282 valence electrons. The Labute approximate surface area is 347 Å². The lowest BCUT2D eigenvalue weighted by Crippen LogP contribution is -2.27. The zero-order chi connectivity index (χ0) is 39.6. The molecule has 2 aromatic heterocycles. The number of fused-ring (bicyclic) bond motifs is 7. The van der Waals surface area contributed by atoms with Crippen LogP contribution in [0.1, 0.15) is 12.0 Å². The quantitative estimate of drug-likeness (QED) is 0.169. The molecule has 0 amide bonds. The molecule has 0 bridgehead atoms. The number of aromatic nitrogens is 3. The first-order valence-electron chi connectivity index (χ1n) is 20.4. The van der Waals surface area contributed by atoms with Crippen LogP contribution in [0.15, 0.2) is 205 Å². The minimum Gasteiger partial charge on any atom is -0.455 e. The third-order valence-corrected chi connectivity index (χ3v) is 12.0. The number of hydrogen-bond donors (Lipinski definition) is 0. The molecule has 1 unspecified atom stereocenters. The van der Waals surface area contributed by atoms with Gasteiger partial charge in [-0.3, -0.25) is 0 Å². The summed E-state index contributed by atoms with van der Waals surface area (Å²) in [5.41, 5.74) is 13.9. The monoisotopic (exact) mass is 768 g/mol. The lowest BCUT2D eigenvalue weighted by atomic mass is 9.94. The van der Waals surface area contributed by atoms with E-state index >= 15 is 0 Å². The maximum absolute atomic E-state index is 6.45. The van der Waals surface area contributed by atoms with Crippen molar-refractivity contribution in [3.8, 4) is 56.4 Å². The smallest absolute Gasteiger partial charge is 0.167 e. The summed E-state index contributed by atoms with van der Waals surface area (Å²) < 4.78 is 6.45. The summed E-state index contributed by atoms with van der Waals surface area (Å²) in [6, 6.07) is 64.4. The van der Waals surface area contributed by atoms with Gasteiger partial charge >= 0.3 is 0 Å². The Hall–Kier alpha value is -7.89. The van der Waals surface area contributed by atoms with E-state index in [1.807, 2.05) is 60.7 Å². The predicted octanol–water partition coefficient (Wildman–Crippen LogP) is 14.1. The van der Waals surface area contributed by atoms with Crippen LogP contribution < -0.4 is 4.90 Å². The number of anilines is 2. The van der Waals surface area contributed by atoms with Crippen LogP contribution in [0.3, 0.4) is 0 Å². The molecule has 0 saturated heterocycles. The highest BCUT2D eigenvalue weighted by Gasteiger charge is 2.35. The molecule has 5 heteroatoms. The fourth-order valence-electron chi connectivity index (χ4n) is 9.08.